The lowest BCUT2D eigenvalue weighted by Crippen LogP contribution is -2.10. The third kappa shape index (κ3) is 5.16. The molecule has 0 fully saturated rings. The zero-order valence-electron chi connectivity index (χ0n) is 11.1. The van der Waals surface area contributed by atoms with Gasteiger partial charge in [0, 0.05) is 4.47 Å². The summed E-state index contributed by atoms with van der Waals surface area (Å²) in [6, 6.07) is 5.15. The lowest BCUT2D eigenvalue weighted by Gasteiger charge is -2.00. The lowest BCUT2D eigenvalue weighted by molar-refractivity contribution is 1.20. The number of aromatic nitrogens is 2. The quantitative estimate of drug-likeness (QED) is 0.490. The number of pyridine rings is 2. The van der Waals surface area contributed by atoms with Crippen molar-refractivity contribution in [2.24, 2.45) is 0 Å². The molecule has 8 heteroatoms. The number of aryl methyl sites for hydroxylation is 2. The molecule has 2 aromatic rings. The predicted octanol–water partition coefficient (Wildman–Crippen LogP) is 4.17. The molecule has 0 saturated carbocycles. The van der Waals surface area contributed by atoms with Crippen molar-refractivity contribution in [1.29, 1.82) is 5.26 Å². The van der Waals surface area contributed by atoms with Crippen molar-refractivity contribution in [2.45, 2.75) is 13.8 Å². The van der Waals surface area contributed by atoms with Gasteiger partial charge in [0.05, 0.1) is 27.0 Å². The van der Waals surface area contributed by atoms with E-state index in [0.717, 1.165) is 0 Å². The maximum Gasteiger partial charge on any atom is 0.141 e. The zero-order chi connectivity index (χ0) is 16.2. The molecule has 21 heavy (non-hydrogen) atoms. The van der Waals surface area contributed by atoms with E-state index in [1.807, 2.05) is 6.07 Å². The Balaban J connectivity index is 0.000000211. The molecule has 0 aliphatic rings. The second-order valence-corrected chi connectivity index (χ2v) is 5.95. The Morgan fingerprint density at radius 1 is 1.14 bits per heavy atom. The Morgan fingerprint density at radius 2 is 1.76 bits per heavy atom. The fraction of sp³-hybridized carbons (Fsp3) is 0.154. The van der Waals surface area contributed by atoms with E-state index in [9.17, 15) is 0 Å². The molecule has 106 valence electrons. The highest BCUT2D eigenvalue weighted by atomic mass is 79.9. The second kappa shape index (κ2) is 8.00. The molecular formula is C13H8BBrCl3N3. The molecule has 0 aromatic carbocycles. The molecule has 0 atom stereocenters. The van der Waals surface area contributed by atoms with E-state index in [2.05, 4.69) is 25.9 Å². The van der Waals surface area contributed by atoms with Gasteiger partial charge in [-0.15, -0.1) is 0 Å². The topological polar surface area (TPSA) is 49.6 Å². The van der Waals surface area contributed by atoms with Crippen LogP contribution in [0.5, 0.6) is 0 Å². The van der Waals surface area contributed by atoms with E-state index in [1.165, 1.54) is 6.07 Å². The van der Waals surface area contributed by atoms with E-state index in [4.69, 9.17) is 47.9 Å². The number of rotatable bonds is 0. The number of nitriles is 1. The van der Waals surface area contributed by atoms with E-state index >= 15 is 0 Å². The lowest BCUT2D eigenvalue weighted by atomic mass is 10.0. The van der Waals surface area contributed by atoms with Crippen molar-refractivity contribution in [3.8, 4) is 6.07 Å². The summed E-state index contributed by atoms with van der Waals surface area (Å²) in [6.45, 7) is 3.50. The average molecular weight is 403 g/mol. The van der Waals surface area contributed by atoms with Crippen molar-refractivity contribution >= 4 is 64.2 Å². The Bertz CT molecular complexity index is 670. The Hall–Kier alpha value is -0.795. The Labute approximate surface area is 147 Å². The van der Waals surface area contributed by atoms with Crippen molar-refractivity contribution in [1.82, 2.24) is 9.97 Å². The van der Waals surface area contributed by atoms with Gasteiger partial charge in [-0.1, -0.05) is 34.8 Å². The van der Waals surface area contributed by atoms with E-state index in [-0.39, 0.29) is 0 Å². The molecule has 2 rings (SSSR count). The van der Waals surface area contributed by atoms with Crippen molar-refractivity contribution in [3.63, 3.8) is 0 Å². The highest BCUT2D eigenvalue weighted by molar-refractivity contribution is 9.10. The molecule has 0 saturated heterocycles. The maximum absolute atomic E-state index is 8.63. The minimum absolute atomic E-state index is 0.368. The summed E-state index contributed by atoms with van der Waals surface area (Å²) >= 11 is 20.1. The summed E-state index contributed by atoms with van der Waals surface area (Å²) in [4.78, 5) is 7.81. The smallest absolute Gasteiger partial charge is 0.141 e. The summed E-state index contributed by atoms with van der Waals surface area (Å²) in [5.41, 5.74) is 2.27. The van der Waals surface area contributed by atoms with Crippen LogP contribution in [0.4, 0.5) is 0 Å². The molecule has 0 unspecified atom stereocenters. The molecule has 0 N–H and O–H groups in total. The van der Waals surface area contributed by atoms with Gasteiger partial charge < -0.3 is 0 Å². The SMILES string of the molecule is Cc1nc(Cl)cc(Cl)c1Cl.[B]c1cc(Br)c(C#N)c(C)n1. The normalized spacial score (nSPS) is 9.57. The van der Waals surface area contributed by atoms with Crippen molar-refractivity contribution in [3.05, 3.63) is 48.8 Å². The van der Waals surface area contributed by atoms with Crippen molar-refractivity contribution in [2.75, 3.05) is 0 Å². The average Bonchev–Trinajstić information content (AvgIpc) is 2.36. The maximum atomic E-state index is 8.63. The largest absolute Gasteiger partial charge is 0.268 e. The van der Waals surface area contributed by atoms with Gasteiger partial charge in [0.2, 0.25) is 0 Å². The third-order valence-corrected chi connectivity index (χ3v) is 4.02. The van der Waals surface area contributed by atoms with E-state index < -0.39 is 0 Å². The van der Waals surface area contributed by atoms with Crippen LogP contribution < -0.4 is 5.59 Å². The Morgan fingerprint density at radius 3 is 2.24 bits per heavy atom. The number of hydrogen-bond donors (Lipinski definition) is 0. The van der Waals surface area contributed by atoms with Gasteiger partial charge in [0.1, 0.15) is 19.1 Å². The third-order valence-electron chi connectivity index (χ3n) is 2.33. The van der Waals surface area contributed by atoms with Crippen LogP contribution in [-0.2, 0) is 0 Å². The summed E-state index contributed by atoms with van der Waals surface area (Å²) < 4.78 is 0.699. The van der Waals surface area contributed by atoms with Crippen LogP contribution in [0.25, 0.3) is 0 Å². The molecule has 0 amide bonds. The molecule has 2 aromatic heterocycles. The Kier molecular flexibility index (Phi) is 6.95. The van der Waals surface area contributed by atoms with E-state index in [0.29, 0.717) is 42.2 Å². The van der Waals surface area contributed by atoms with E-state index in [1.54, 1.807) is 19.9 Å². The first-order valence-corrected chi connectivity index (χ1v) is 7.49. The van der Waals surface area contributed by atoms with Crippen LogP contribution >= 0.6 is 50.7 Å². The fourth-order valence-corrected chi connectivity index (χ4v) is 2.61. The van der Waals surface area contributed by atoms with Gasteiger partial charge in [0.25, 0.3) is 0 Å². The first kappa shape index (κ1) is 18.3. The molecule has 0 aliphatic carbocycles. The molecular weight excluding hydrogens is 395 g/mol. The van der Waals surface area contributed by atoms with Crippen LogP contribution in [0.15, 0.2) is 16.6 Å². The predicted molar refractivity (Wildman–Crippen MR) is 90.8 cm³/mol. The first-order chi connectivity index (χ1) is 9.76. The van der Waals surface area contributed by atoms with Gasteiger partial charge in [-0.2, -0.15) is 5.26 Å². The summed E-state index contributed by atoms with van der Waals surface area (Å²) in [6.07, 6.45) is 0. The molecule has 0 aliphatic heterocycles. The van der Waals surface area contributed by atoms with Crippen LogP contribution in [0, 0.1) is 25.2 Å². The highest BCUT2D eigenvalue weighted by Gasteiger charge is 2.04. The van der Waals surface area contributed by atoms with Crippen LogP contribution in [0.1, 0.15) is 17.0 Å². The summed E-state index contributed by atoms with van der Waals surface area (Å²) in [7, 11) is 5.43. The van der Waals surface area contributed by atoms with Gasteiger partial charge in [0.15, 0.2) is 0 Å². The van der Waals surface area contributed by atoms with Crippen LogP contribution in [-0.4, -0.2) is 17.8 Å². The summed E-state index contributed by atoms with van der Waals surface area (Å²) in [5.74, 6) is 0. The van der Waals surface area contributed by atoms with Crippen molar-refractivity contribution < 1.29 is 0 Å². The number of nitrogens with zero attached hydrogens (tertiary/aromatic N) is 3. The fourth-order valence-electron chi connectivity index (χ4n) is 1.37. The van der Waals surface area contributed by atoms with Gasteiger partial charge in [-0.25, -0.2) is 4.98 Å². The monoisotopic (exact) mass is 401 g/mol. The minimum atomic E-state index is 0.368. The molecule has 0 spiro atoms. The minimum Gasteiger partial charge on any atom is -0.268 e. The standard InChI is InChI=1S/C7H4BBrN2.C6H4Cl3N/c1-4-5(3-10)6(9)2-7(8)11-4;1-3-6(9)4(7)2-5(8)10-3/h2H,1H3;2H,1H3. The van der Waals surface area contributed by atoms with Crippen LogP contribution in [0.2, 0.25) is 15.2 Å². The highest BCUT2D eigenvalue weighted by Crippen LogP contribution is 2.26. The van der Waals surface area contributed by atoms with Gasteiger partial charge in [-0.3, -0.25) is 4.98 Å². The summed E-state index contributed by atoms with van der Waals surface area (Å²) in [5, 5.41) is 9.90. The number of hydrogen-bond acceptors (Lipinski definition) is 3. The second-order valence-electron chi connectivity index (χ2n) is 3.93. The molecule has 2 radical (unpaired) electrons. The molecule has 2 heterocycles. The zero-order valence-corrected chi connectivity index (χ0v) is 14.9. The first-order valence-electron chi connectivity index (χ1n) is 5.57. The molecule has 0 bridgehead atoms. The van der Waals surface area contributed by atoms with Gasteiger partial charge in [-0.05, 0) is 47.5 Å². The van der Waals surface area contributed by atoms with Crippen LogP contribution in [0.3, 0.4) is 0 Å². The molecule has 3 nitrogen and oxygen atoms in total. The number of halogens is 4. The van der Waals surface area contributed by atoms with Gasteiger partial charge >= 0.3 is 0 Å².